The molecule has 2 saturated heterocycles. The van der Waals surface area contributed by atoms with Gasteiger partial charge in [-0.3, -0.25) is 9.59 Å². The minimum absolute atomic E-state index is 0.0358. The van der Waals surface area contributed by atoms with E-state index in [1.54, 1.807) is 0 Å². The van der Waals surface area contributed by atoms with Gasteiger partial charge in [0.15, 0.2) is 0 Å². The number of rotatable bonds is 9. The normalized spacial score (nSPS) is 18.6. The summed E-state index contributed by atoms with van der Waals surface area (Å²) < 4.78 is 0. The summed E-state index contributed by atoms with van der Waals surface area (Å²) in [6.07, 6.45) is 5.36. The van der Waals surface area contributed by atoms with Crippen LogP contribution in [-0.4, -0.2) is 54.6 Å². The van der Waals surface area contributed by atoms with Gasteiger partial charge in [0.2, 0.25) is 11.8 Å². The van der Waals surface area contributed by atoms with E-state index >= 15 is 0 Å². The van der Waals surface area contributed by atoms with Crippen LogP contribution in [0.5, 0.6) is 0 Å². The molecule has 0 spiro atoms. The number of carbonyl (C=O) groups excluding carboxylic acids is 2. The van der Waals surface area contributed by atoms with Gasteiger partial charge in [-0.1, -0.05) is 104 Å². The molecule has 2 N–H and O–H groups in total. The zero-order chi connectivity index (χ0) is 36.6. The first kappa shape index (κ1) is 33.8. The predicted molar refractivity (Wildman–Crippen MR) is 214 cm³/mol. The number of nitrogens with zero attached hydrogens (tertiary/aromatic N) is 4. The van der Waals surface area contributed by atoms with E-state index in [0.29, 0.717) is 12.8 Å². The van der Waals surface area contributed by atoms with Crippen molar-refractivity contribution in [3.8, 4) is 22.3 Å². The Balaban J connectivity index is 0.923. The molecule has 2 amide bonds. The molecule has 7 aromatic rings. The highest BCUT2D eigenvalue weighted by Gasteiger charge is 2.45. The van der Waals surface area contributed by atoms with E-state index in [1.165, 1.54) is 0 Å². The summed E-state index contributed by atoms with van der Waals surface area (Å²) in [5.41, 5.74) is 9.86. The number of hydrogen-bond donors (Lipinski definition) is 2. The van der Waals surface area contributed by atoms with Crippen molar-refractivity contribution < 1.29 is 9.59 Å². The summed E-state index contributed by atoms with van der Waals surface area (Å²) in [5, 5.41) is 0. The molecule has 2 unspecified atom stereocenters. The van der Waals surface area contributed by atoms with Crippen LogP contribution in [0.25, 0.3) is 44.3 Å². The minimum Gasteiger partial charge on any atom is -0.340 e. The number of fused-ring (bicyclic) bond motifs is 2. The maximum atomic E-state index is 13.6. The quantitative estimate of drug-likeness (QED) is 0.156. The molecule has 270 valence electrons. The van der Waals surface area contributed by atoms with E-state index in [1.807, 2.05) is 65.6 Å². The van der Waals surface area contributed by atoms with Crippen molar-refractivity contribution in [2.75, 3.05) is 13.1 Å². The van der Waals surface area contributed by atoms with Crippen LogP contribution in [-0.2, 0) is 28.0 Å². The summed E-state index contributed by atoms with van der Waals surface area (Å²) in [6, 6.07) is 41.3. The molecule has 2 aliphatic heterocycles. The maximum Gasteiger partial charge on any atom is 0.227 e. The average molecular weight is 713 g/mol. The van der Waals surface area contributed by atoms with Gasteiger partial charge < -0.3 is 19.8 Å². The molecule has 0 saturated carbocycles. The Hall–Kier alpha value is -6.02. The second-order valence-corrected chi connectivity index (χ2v) is 14.9. The molecule has 2 aliphatic rings. The zero-order valence-electron chi connectivity index (χ0n) is 30.6. The van der Waals surface area contributed by atoms with E-state index in [0.717, 1.165) is 112 Å². The monoisotopic (exact) mass is 712 g/mol. The number of aromatic nitrogens is 4. The first-order valence-electron chi connectivity index (χ1n) is 19.3. The van der Waals surface area contributed by atoms with Gasteiger partial charge in [0.05, 0.1) is 41.0 Å². The molecular weight excluding hydrogens is 669 g/mol. The second kappa shape index (κ2) is 14.1. The number of benzene rings is 5. The molecule has 0 bridgehead atoms. The number of nitrogens with one attached hydrogen (secondary N) is 2. The largest absolute Gasteiger partial charge is 0.340 e. The summed E-state index contributed by atoms with van der Waals surface area (Å²) in [4.78, 5) is 48.2. The van der Waals surface area contributed by atoms with E-state index in [2.05, 4.69) is 82.5 Å². The Labute approximate surface area is 315 Å². The van der Waals surface area contributed by atoms with Crippen LogP contribution in [0, 0.1) is 0 Å². The molecule has 0 aliphatic carbocycles. The fourth-order valence-corrected chi connectivity index (χ4v) is 8.74. The Kier molecular flexibility index (Phi) is 8.81. The molecule has 0 radical (unpaired) electrons. The number of imidazole rings is 2. The molecule has 2 fully saturated rings. The highest BCUT2D eigenvalue weighted by molar-refractivity contribution is 5.86. The summed E-state index contributed by atoms with van der Waals surface area (Å²) in [6.45, 7) is 3.67. The molecule has 8 heteroatoms. The fourth-order valence-electron chi connectivity index (χ4n) is 8.74. The smallest absolute Gasteiger partial charge is 0.227 e. The molecule has 54 heavy (non-hydrogen) atoms. The molecule has 5 aromatic carbocycles. The van der Waals surface area contributed by atoms with E-state index in [-0.39, 0.29) is 17.9 Å². The van der Waals surface area contributed by atoms with Crippen molar-refractivity contribution in [3.63, 3.8) is 0 Å². The first-order valence-corrected chi connectivity index (χ1v) is 19.3. The Morgan fingerprint density at radius 1 is 0.667 bits per heavy atom. The zero-order valence-corrected chi connectivity index (χ0v) is 30.6. The molecule has 2 atom stereocenters. The van der Waals surface area contributed by atoms with Crippen molar-refractivity contribution in [2.24, 2.45) is 0 Å². The third kappa shape index (κ3) is 6.25. The van der Waals surface area contributed by atoms with Crippen molar-refractivity contribution in [3.05, 3.63) is 144 Å². The lowest BCUT2D eigenvalue weighted by atomic mass is 9.91. The van der Waals surface area contributed by atoms with Crippen LogP contribution < -0.4 is 0 Å². The van der Waals surface area contributed by atoms with Crippen LogP contribution in [0.2, 0.25) is 0 Å². The van der Waals surface area contributed by atoms with Gasteiger partial charge in [-0.25, -0.2) is 9.97 Å². The van der Waals surface area contributed by atoms with Gasteiger partial charge in [-0.05, 0) is 89.8 Å². The standard InChI is InChI=1S/C46H44N6O2/c1-2-46(24-10-26-52(46)43(54)28-32-13-7-4-8-14-32)45-49-38-23-21-36(30-40(38)50-45)34-18-16-33(17-19-34)35-20-22-37-39(29-35)48-44(47-37)41-15-9-25-51(41)42(53)27-31-11-5-3-6-12-31/h3-8,11-14,16-23,29-30,41H,2,9-10,15,24-28H2,1H3,(H,47,48)(H,49,50). The lowest BCUT2D eigenvalue weighted by Crippen LogP contribution is -2.46. The summed E-state index contributed by atoms with van der Waals surface area (Å²) in [5.74, 6) is 2.04. The van der Waals surface area contributed by atoms with Crippen molar-refractivity contribution in [1.29, 1.82) is 0 Å². The number of hydrogen-bond acceptors (Lipinski definition) is 4. The van der Waals surface area contributed by atoms with Crippen LogP contribution in [0.15, 0.2) is 121 Å². The van der Waals surface area contributed by atoms with Gasteiger partial charge in [-0.15, -0.1) is 0 Å². The van der Waals surface area contributed by atoms with E-state index < -0.39 is 5.54 Å². The fraction of sp³-hybridized carbons (Fsp3) is 0.261. The molecule has 9 rings (SSSR count). The maximum absolute atomic E-state index is 13.6. The van der Waals surface area contributed by atoms with Gasteiger partial charge in [0.25, 0.3) is 0 Å². The minimum atomic E-state index is -0.431. The van der Waals surface area contributed by atoms with Gasteiger partial charge in [0, 0.05) is 13.1 Å². The Bertz CT molecular complexity index is 2450. The van der Waals surface area contributed by atoms with Gasteiger partial charge in [0.1, 0.15) is 17.2 Å². The van der Waals surface area contributed by atoms with Crippen molar-refractivity contribution in [1.82, 2.24) is 29.7 Å². The lowest BCUT2D eigenvalue weighted by molar-refractivity contribution is -0.135. The third-order valence-electron chi connectivity index (χ3n) is 11.6. The number of H-pyrrole nitrogens is 2. The highest BCUT2D eigenvalue weighted by Crippen LogP contribution is 2.42. The van der Waals surface area contributed by atoms with Crippen molar-refractivity contribution >= 4 is 33.9 Å². The van der Waals surface area contributed by atoms with Crippen LogP contribution >= 0.6 is 0 Å². The van der Waals surface area contributed by atoms with E-state index in [9.17, 15) is 9.59 Å². The lowest BCUT2D eigenvalue weighted by Gasteiger charge is -2.36. The predicted octanol–water partition coefficient (Wildman–Crippen LogP) is 9.15. The molecule has 2 aromatic heterocycles. The van der Waals surface area contributed by atoms with Gasteiger partial charge in [-0.2, -0.15) is 0 Å². The van der Waals surface area contributed by atoms with E-state index in [4.69, 9.17) is 9.97 Å². The van der Waals surface area contributed by atoms with Crippen LogP contribution in [0.3, 0.4) is 0 Å². The summed E-state index contributed by atoms with van der Waals surface area (Å²) >= 11 is 0. The number of aromatic amines is 2. The number of amides is 2. The second-order valence-electron chi connectivity index (χ2n) is 14.9. The SMILES string of the molecule is CCC1(c2nc3ccc(-c4ccc(-c5ccc6nc(C7CCCN7C(=O)Cc7ccccc7)[nH]c6c5)cc4)cc3[nH]2)CCCN1C(=O)Cc1ccccc1. The molecular formula is C46H44N6O2. The number of carbonyl (C=O) groups is 2. The van der Waals surface area contributed by atoms with Crippen LogP contribution in [0.4, 0.5) is 0 Å². The summed E-state index contributed by atoms with van der Waals surface area (Å²) in [7, 11) is 0. The van der Waals surface area contributed by atoms with Crippen LogP contribution in [0.1, 0.15) is 67.8 Å². The Morgan fingerprint density at radius 2 is 1.24 bits per heavy atom. The molecule has 4 heterocycles. The highest BCUT2D eigenvalue weighted by atomic mass is 16.2. The number of likely N-dealkylation sites (tertiary alicyclic amines) is 2. The topological polar surface area (TPSA) is 98.0 Å². The Morgan fingerprint density at radius 3 is 1.87 bits per heavy atom. The molecule has 8 nitrogen and oxygen atoms in total. The van der Waals surface area contributed by atoms with Gasteiger partial charge >= 0.3 is 0 Å². The van der Waals surface area contributed by atoms with Crippen molar-refractivity contribution in [2.45, 2.75) is 63.5 Å². The first-order chi connectivity index (χ1) is 26.5. The average Bonchev–Trinajstić information content (AvgIpc) is 4.03. The third-order valence-corrected chi connectivity index (χ3v) is 11.6.